The minimum Gasteiger partial charge on any atom is -0.333 e. The lowest BCUT2D eigenvalue weighted by molar-refractivity contribution is -0.133. The van der Waals surface area contributed by atoms with Crippen LogP contribution in [0.4, 0.5) is 0 Å². The summed E-state index contributed by atoms with van der Waals surface area (Å²) in [6, 6.07) is 13.2. The molecule has 2 atom stereocenters. The van der Waals surface area contributed by atoms with Crippen molar-refractivity contribution in [3.8, 4) is 0 Å². The summed E-state index contributed by atoms with van der Waals surface area (Å²) in [5.74, 6) is 0.270. The quantitative estimate of drug-likeness (QED) is 0.937. The van der Waals surface area contributed by atoms with Gasteiger partial charge in [-0.05, 0) is 43.4 Å². The van der Waals surface area contributed by atoms with E-state index in [-0.39, 0.29) is 11.9 Å². The molecule has 4 rings (SSSR count). The van der Waals surface area contributed by atoms with E-state index in [9.17, 15) is 4.79 Å². The average molecular weight is 321 g/mol. The van der Waals surface area contributed by atoms with E-state index in [0.29, 0.717) is 18.9 Å². The van der Waals surface area contributed by atoms with Crippen molar-refractivity contribution in [1.82, 2.24) is 15.1 Å². The first-order chi connectivity index (χ1) is 11.7. The van der Waals surface area contributed by atoms with Gasteiger partial charge in [-0.25, -0.2) is 0 Å². The highest BCUT2D eigenvalue weighted by Gasteiger charge is 2.39. The van der Waals surface area contributed by atoms with E-state index >= 15 is 0 Å². The minimum absolute atomic E-state index is 0.270. The van der Waals surface area contributed by atoms with Crippen LogP contribution in [0.5, 0.6) is 0 Å². The van der Waals surface area contributed by atoms with Crippen molar-refractivity contribution in [2.24, 2.45) is 0 Å². The van der Waals surface area contributed by atoms with Crippen molar-refractivity contribution in [3.05, 3.63) is 59.4 Å². The zero-order valence-corrected chi connectivity index (χ0v) is 14.0. The van der Waals surface area contributed by atoms with E-state index < -0.39 is 0 Å². The van der Waals surface area contributed by atoms with Crippen molar-refractivity contribution in [2.45, 2.75) is 51.1 Å². The van der Waals surface area contributed by atoms with Crippen molar-refractivity contribution in [3.63, 3.8) is 0 Å². The molecule has 124 valence electrons. The summed E-state index contributed by atoms with van der Waals surface area (Å²) in [6.45, 7) is 1.99. The number of nitrogens with zero attached hydrogens (tertiary/aromatic N) is 2. The molecular weight excluding hydrogens is 298 g/mol. The first-order valence-electron chi connectivity index (χ1n) is 8.79. The predicted octanol–water partition coefficient (Wildman–Crippen LogP) is 3.50. The third-order valence-electron chi connectivity index (χ3n) is 5.18. The Kier molecular flexibility index (Phi) is 3.97. The van der Waals surface area contributed by atoms with Crippen LogP contribution < -0.4 is 0 Å². The number of hydrogen-bond donors (Lipinski definition) is 1. The Morgan fingerprint density at radius 2 is 2.12 bits per heavy atom. The molecule has 1 saturated heterocycles. The van der Waals surface area contributed by atoms with E-state index in [0.717, 1.165) is 30.7 Å². The van der Waals surface area contributed by atoms with E-state index in [1.807, 2.05) is 19.1 Å². The van der Waals surface area contributed by atoms with Crippen LogP contribution >= 0.6 is 0 Å². The molecular formula is C20H23N3O. The van der Waals surface area contributed by atoms with E-state index in [1.54, 1.807) is 0 Å². The maximum Gasteiger partial charge on any atom is 0.223 e. The highest BCUT2D eigenvalue weighted by molar-refractivity contribution is 5.80. The molecule has 0 aliphatic carbocycles. The molecule has 2 unspecified atom stereocenters. The Labute approximate surface area is 142 Å². The van der Waals surface area contributed by atoms with Crippen LogP contribution in [0.15, 0.2) is 42.5 Å². The number of aryl methyl sites for hydroxylation is 2. The van der Waals surface area contributed by atoms with Gasteiger partial charge in [0.25, 0.3) is 0 Å². The van der Waals surface area contributed by atoms with Gasteiger partial charge < -0.3 is 4.90 Å². The number of aromatic nitrogens is 2. The molecule has 2 aromatic rings. The highest BCUT2D eigenvalue weighted by atomic mass is 16.2. The summed E-state index contributed by atoms with van der Waals surface area (Å²) >= 11 is 0. The Hall–Kier alpha value is -2.36. The molecule has 1 fully saturated rings. The second-order valence-electron chi connectivity index (χ2n) is 6.90. The normalized spacial score (nSPS) is 22.5. The lowest BCUT2D eigenvalue weighted by atomic mass is 9.94. The van der Waals surface area contributed by atoms with Gasteiger partial charge in [-0.2, -0.15) is 5.10 Å². The van der Waals surface area contributed by atoms with Gasteiger partial charge in [0.2, 0.25) is 5.91 Å². The number of benzene rings is 1. The topological polar surface area (TPSA) is 49.0 Å². The summed E-state index contributed by atoms with van der Waals surface area (Å²) in [5, 5.41) is 7.17. The van der Waals surface area contributed by atoms with Crippen LogP contribution in [0.1, 0.15) is 42.6 Å². The van der Waals surface area contributed by atoms with Gasteiger partial charge in [-0.15, -0.1) is 0 Å². The first kappa shape index (κ1) is 15.2. The monoisotopic (exact) mass is 321 g/mol. The van der Waals surface area contributed by atoms with Gasteiger partial charge in [-0.3, -0.25) is 9.89 Å². The maximum absolute atomic E-state index is 12.7. The van der Waals surface area contributed by atoms with Crippen molar-refractivity contribution >= 4 is 11.5 Å². The number of carbonyl (C=O) groups excluding carboxylic acids is 1. The number of nitrogens with one attached hydrogen (secondary N) is 1. The van der Waals surface area contributed by atoms with Crippen LogP contribution in [0.3, 0.4) is 0 Å². The van der Waals surface area contributed by atoms with Gasteiger partial charge in [0.15, 0.2) is 0 Å². The third kappa shape index (κ3) is 2.88. The van der Waals surface area contributed by atoms with E-state index in [2.05, 4.69) is 45.4 Å². The maximum atomic E-state index is 12.7. The van der Waals surface area contributed by atoms with Crippen molar-refractivity contribution < 1.29 is 4.79 Å². The van der Waals surface area contributed by atoms with E-state index in [4.69, 9.17) is 0 Å². The lowest BCUT2D eigenvalue weighted by Gasteiger charge is -2.34. The second kappa shape index (κ2) is 6.27. The Balaban J connectivity index is 1.45. The fraction of sp³-hybridized carbons (Fsp3) is 0.400. The largest absolute Gasteiger partial charge is 0.333 e. The van der Waals surface area contributed by atoms with Crippen molar-refractivity contribution in [1.29, 1.82) is 0 Å². The highest BCUT2D eigenvalue weighted by Crippen LogP contribution is 2.38. The molecule has 24 heavy (non-hydrogen) atoms. The number of amides is 1. The Morgan fingerprint density at radius 1 is 1.29 bits per heavy atom. The minimum atomic E-state index is 0.270. The van der Waals surface area contributed by atoms with E-state index in [1.165, 1.54) is 11.1 Å². The summed E-state index contributed by atoms with van der Waals surface area (Å²) in [5.41, 5.74) is 4.72. The molecule has 2 aliphatic rings. The number of fused-ring (bicyclic) bond motifs is 2. The molecule has 1 aromatic carbocycles. The molecule has 0 spiro atoms. The number of H-pyrrole nitrogens is 1. The molecule has 4 heteroatoms. The average Bonchev–Trinajstić information content (AvgIpc) is 3.14. The van der Waals surface area contributed by atoms with Gasteiger partial charge in [0, 0.05) is 24.6 Å². The molecule has 0 saturated carbocycles. The van der Waals surface area contributed by atoms with Gasteiger partial charge in [-0.1, -0.05) is 36.4 Å². The summed E-state index contributed by atoms with van der Waals surface area (Å²) in [6.07, 6.45) is 6.77. The second-order valence-corrected chi connectivity index (χ2v) is 6.90. The Morgan fingerprint density at radius 3 is 2.83 bits per heavy atom. The zero-order chi connectivity index (χ0) is 16.5. The number of carbonyl (C=O) groups is 1. The number of hydrogen-bond acceptors (Lipinski definition) is 2. The predicted molar refractivity (Wildman–Crippen MR) is 94.3 cm³/mol. The molecule has 4 nitrogen and oxygen atoms in total. The molecule has 1 amide bonds. The van der Waals surface area contributed by atoms with Crippen LogP contribution in [-0.2, 0) is 11.2 Å². The summed E-state index contributed by atoms with van der Waals surface area (Å²) < 4.78 is 0. The molecule has 3 heterocycles. The molecule has 1 N–H and O–H groups in total. The van der Waals surface area contributed by atoms with Crippen LogP contribution in [-0.4, -0.2) is 33.1 Å². The molecule has 1 aromatic heterocycles. The van der Waals surface area contributed by atoms with Gasteiger partial charge >= 0.3 is 0 Å². The fourth-order valence-electron chi connectivity index (χ4n) is 4.05. The SMILES string of the molecule is Cc1cc(CCC(=O)N2C3C=C(c4ccccc4)CC2CC3)n[nH]1. The third-order valence-corrected chi connectivity index (χ3v) is 5.18. The molecule has 2 bridgehead atoms. The van der Waals surface area contributed by atoms with Crippen LogP contribution in [0.25, 0.3) is 5.57 Å². The fourth-order valence-corrected chi connectivity index (χ4v) is 4.05. The summed E-state index contributed by atoms with van der Waals surface area (Å²) in [7, 11) is 0. The lowest BCUT2D eigenvalue weighted by Crippen LogP contribution is -2.43. The van der Waals surface area contributed by atoms with Crippen LogP contribution in [0, 0.1) is 6.92 Å². The first-order valence-corrected chi connectivity index (χ1v) is 8.79. The zero-order valence-electron chi connectivity index (χ0n) is 14.0. The van der Waals surface area contributed by atoms with Gasteiger partial charge in [0.1, 0.15) is 0 Å². The Bertz CT molecular complexity index is 762. The van der Waals surface area contributed by atoms with Crippen LogP contribution in [0.2, 0.25) is 0 Å². The number of rotatable bonds is 4. The smallest absolute Gasteiger partial charge is 0.223 e. The van der Waals surface area contributed by atoms with Crippen molar-refractivity contribution in [2.75, 3.05) is 0 Å². The standard InChI is InChI=1S/C20H23N3O/c1-14-11-17(22-21-14)7-10-20(24)23-18-8-9-19(23)13-16(12-18)15-5-3-2-4-6-15/h2-6,11-12,18-19H,7-10,13H2,1H3,(H,21,22). The summed E-state index contributed by atoms with van der Waals surface area (Å²) in [4.78, 5) is 14.9. The molecule has 2 aliphatic heterocycles. The molecule has 0 radical (unpaired) electrons. The van der Waals surface area contributed by atoms with Gasteiger partial charge in [0.05, 0.1) is 11.7 Å². The number of aromatic amines is 1.